The van der Waals surface area contributed by atoms with E-state index in [2.05, 4.69) is 12.1 Å². The van der Waals surface area contributed by atoms with Crippen molar-refractivity contribution in [2.24, 2.45) is 5.16 Å². The molecule has 0 amide bonds. The third-order valence-electron chi connectivity index (χ3n) is 4.00. The fourth-order valence-electron chi connectivity index (χ4n) is 2.60. The monoisotopic (exact) mass is 366 g/mol. The van der Waals surface area contributed by atoms with Gasteiger partial charge in [0.2, 0.25) is 0 Å². The van der Waals surface area contributed by atoms with Gasteiger partial charge in [-0.05, 0) is 18.6 Å². The number of benzene rings is 2. The minimum atomic E-state index is -0.611. The summed E-state index contributed by atoms with van der Waals surface area (Å²) in [6.07, 6.45) is 3.57. The first-order valence-corrected chi connectivity index (χ1v) is 8.58. The molecule has 0 saturated carbocycles. The summed E-state index contributed by atoms with van der Waals surface area (Å²) in [7, 11) is 0. The molecule has 1 aliphatic rings. The lowest BCUT2D eigenvalue weighted by atomic mass is 10.00. The molecular weight excluding hydrogens is 348 g/mol. The van der Waals surface area contributed by atoms with Crippen molar-refractivity contribution >= 4 is 23.4 Å². The molecule has 1 heterocycles. The number of oxime groups is 1. The predicted molar refractivity (Wildman–Crippen MR) is 101 cm³/mol. The van der Waals surface area contributed by atoms with Crippen molar-refractivity contribution in [2.75, 3.05) is 6.61 Å². The summed E-state index contributed by atoms with van der Waals surface area (Å²) in [6.45, 7) is 2.65. The van der Waals surface area contributed by atoms with Crippen molar-refractivity contribution in [2.45, 2.75) is 19.8 Å². The fraction of sp³-hybridized carbons (Fsp3) is 0.200. The normalized spacial score (nSPS) is 14.8. The van der Waals surface area contributed by atoms with E-state index in [1.165, 1.54) is 18.2 Å². The van der Waals surface area contributed by atoms with Gasteiger partial charge in [-0.3, -0.25) is 10.1 Å². The smallest absolute Gasteiger partial charge is 0.368 e. The summed E-state index contributed by atoms with van der Waals surface area (Å²) in [6, 6.07) is 13.3. The molecule has 3 rings (SSSR count). The standard InChI is InChI=1S/C20H18N2O5/c1-2-3-11-26-18-10-5-4-7-14(18)13-17-19(21-27-20(17)23)15-8-6-9-16(12-15)22(24)25/h4-10,12-13H,2-3,11H2,1H3. The quantitative estimate of drug-likeness (QED) is 0.242. The van der Waals surface area contributed by atoms with Crippen molar-refractivity contribution in [3.63, 3.8) is 0 Å². The van der Waals surface area contributed by atoms with Crippen LogP contribution >= 0.6 is 0 Å². The van der Waals surface area contributed by atoms with Crippen LogP contribution in [0.2, 0.25) is 0 Å². The highest BCUT2D eigenvalue weighted by atomic mass is 16.7. The van der Waals surface area contributed by atoms with Crippen LogP contribution in [0.4, 0.5) is 5.69 Å². The van der Waals surface area contributed by atoms with Gasteiger partial charge in [-0.1, -0.05) is 48.8 Å². The Labute approximate surface area is 156 Å². The van der Waals surface area contributed by atoms with Gasteiger partial charge in [0.15, 0.2) is 0 Å². The summed E-state index contributed by atoms with van der Waals surface area (Å²) in [5, 5.41) is 14.8. The van der Waals surface area contributed by atoms with Crippen LogP contribution in [0.5, 0.6) is 5.75 Å². The molecule has 7 heteroatoms. The first-order chi connectivity index (χ1) is 13.1. The Morgan fingerprint density at radius 2 is 2.04 bits per heavy atom. The molecule has 27 heavy (non-hydrogen) atoms. The van der Waals surface area contributed by atoms with E-state index in [0.29, 0.717) is 23.5 Å². The molecule has 0 saturated heterocycles. The number of para-hydroxylation sites is 1. The first kappa shape index (κ1) is 18.3. The number of carbonyl (C=O) groups excluding carboxylic acids is 1. The summed E-state index contributed by atoms with van der Waals surface area (Å²) in [5.41, 5.74) is 1.54. The Morgan fingerprint density at radius 3 is 2.81 bits per heavy atom. The summed E-state index contributed by atoms with van der Waals surface area (Å²) in [5.74, 6) is 0.0383. The molecule has 0 radical (unpaired) electrons. The van der Waals surface area contributed by atoms with E-state index < -0.39 is 10.9 Å². The van der Waals surface area contributed by atoms with Gasteiger partial charge < -0.3 is 9.57 Å². The topological polar surface area (TPSA) is 91.0 Å². The van der Waals surface area contributed by atoms with Crippen LogP contribution in [-0.4, -0.2) is 23.2 Å². The summed E-state index contributed by atoms with van der Waals surface area (Å²) in [4.78, 5) is 27.5. The second kappa shape index (κ2) is 8.27. The summed E-state index contributed by atoms with van der Waals surface area (Å²) >= 11 is 0. The van der Waals surface area contributed by atoms with Gasteiger partial charge in [0, 0.05) is 23.3 Å². The Kier molecular flexibility index (Phi) is 5.61. The van der Waals surface area contributed by atoms with E-state index in [1.807, 2.05) is 24.3 Å². The van der Waals surface area contributed by atoms with E-state index in [9.17, 15) is 14.9 Å². The number of hydrogen-bond acceptors (Lipinski definition) is 6. The van der Waals surface area contributed by atoms with Crippen LogP contribution < -0.4 is 4.74 Å². The fourth-order valence-corrected chi connectivity index (χ4v) is 2.60. The maximum absolute atomic E-state index is 12.2. The van der Waals surface area contributed by atoms with Crippen molar-refractivity contribution < 1.29 is 19.3 Å². The second-order valence-electron chi connectivity index (χ2n) is 5.92. The molecule has 0 fully saturated rings. The molecule has 2 aromatic carbocycles. The number of nitro benzene ring substituents is 1. The van der Waals surface area contributed by atoms with Gasteiger partial charge >= 0.3 is 5.97 Å². The lowest BCUT2D eigenvalue weighted by Gasteiger charge is -2.09. The Morgan fingerprint density at radius 1 is 1.22 bits per heavy atom. The number of rotatable bonds is 7. The molecule has 0 spiro atoms. The van der Waals surface area contributed by atoms with E-state index in [-0.39, 0.29) is 17.0 Å². The maximum atomic E-state index is 12.2. The zero-order valence-electron chi connectivity index (χ0n) is 14.8. The predicted octanol–water partition coefficient (Wildman–Crippen LogP) is 4.12. The zero-order chi connectivity index (χ0) is 19.2. The van der Waals surface area contributed by atoms with Crippen LogP contribution in [0.1, 0.15) is 30.9 Å². The Hall–Kier alpha value is -3.48. The van der Waals surface area contributed by atoms with E-state index in [4.69, 9.17) is 9.57 Å². The first-order valence-electron chi connectivity index (χ1n) is 8.58. The molecule has 0 unspecified atom stereocenters. The third-order valence-corrected chi connectivity index (χ3v) is 4.00. The maximum Gasteiger partial charge on any atom is 0.368 e. The number of nitro groups is 1. The van der Waals surface area contributed by atoms with Crippen molar-refractivity contribution in [3.05, 3.63) is 75.3 Å². The minimum Gasteiger partial charge on any atom is -0.493 e. The summed E-state index contributed by atoms with van der Waals surface area (Å²) < 4.78 is 5.79. The van der Waals surface area contributed by atoms with Gasteiger partial charge in [-0.2, -0.15) is 0 Å². The van der Waals surface area contributed by atoms with Crippen LogP contribution in [0.3, 0.4) is 0 Å². The Balaban J connectivity index is 1.95. The van der Waals surface area contributed by atoms with Crippen LogP contribution in [0, 0.1) is 10.1 Å². The zero-order valence-corrected chi connectivity index (χ0v) is 14.8. The Bertz CT molecular complexity index is 933. The number of non-ortho nitro benzene ring substituents is 1. The van der Waals surface area contributed by atoms with Crippen LogP contribution in [0.25, 0.3) is 6.08 Å². The third kappa shape index (κ3) is 4.20. The molecule has 2 aromatic rings. The molecule has 0 aliphatic carbocycles. The molecule has 1 aliphatic heterocycles. The SMILES string of the molecule is CCCCOc1ccccc1C=C1C(=O)ON=C1c1cccc([N+](=O)[O-])c1. The lowest BCUT2D eigenvalue weighted by molar-refractivity contribution is -0.384. The van der Waals surface area contributed by atoms with Gasteiger partial charge in [-0.25, -0.2) is 4.79 Å². The molecule has 0 atom stereocenters. The van der Waals surface area contributed by atoms with E-state index >= 15 is 0 Å². The van der Waals surface area contributed by atoms with Crippen molar-refractivity contribution in [1.82, 2.24) is 0 Å². The molecule has 7 nitrogen and oxygen atoms in total. The molecule has 0 aromatic heterocycles. The minimum absolute atomic E-state index is 0.0859. The average Bonchev–Trinajstić information content (AvgIpc) is 3.04. The van der Waals surface area contributed by atoms with Gasteiger partial charge in [0.25, 0.3) is 5.69 Å². The van der Waals surface area contributed by atoms with E-state index in [1.54, 1.807) is 12.1 Å². The highest BCUT2D eigenvalue weighted by molar-refractivity contribution is 6.31. The number of carbonyl (C=O) groups is 1. The molecule has 0 bridgehead atoms. The average molecular weight is 366 g/mol. The second-order valence-corrected chi connectivity index (χ2v) is 5.92. The van der Waals surface area contributed by atoms with Gasteiger partial charge in [0.05, 0.1) is 17.1 Å². The number of unbranched alkanes of at least 4 members (excludes halogenated alkanes) is 1. The largest absolute Gasteiger partial charge is 0.493 e. The van der Waals surface area contributed by atoms with Gasteiger partial charge in [0.1, 0.15) is 11.5 Å². The van der Waals surface area contributed by atoms with Crippen molar-refractivity contribution in [1.29, 1.82) is 0 Å². The number of hydrogen-bond donors (Lipinski definition) is 0. The van der Waals surface area contributed by atoms with Crippen molar-refractivity contribution in [3.8, 4) is 5.75 Å². The van der Waals surface area contributed by atoms with Crippen LogP contribution in [0.15, 0.2) is 59.3 Å². The highest BCUT2D eigenvalue weighted by Gasteiger charge is 2.28. The van der Waals surface area contributed by atoms with Crippen LogP contribution in [-0.2, 0) is 9.63 Å². The van der Waals surface area contributed by atoms with E-state index in [0.717, 1.165) is 12.8 Å². The molecule has 138 valence electrons. The number of nitrogens with zero attached hydrogens (tertiary/aromatic N) is 2. The van der Waals surface area contributed by atoms with Gasteiger partial charge in [-0.15, -0.1) is 0 Å². The molecular formula is C20H18N2O5. The lowest BCUT2D eigenvalue weighted by Crippen LogP contribution is -2.07. The number of ether oxygens (including phenoxy) is 1. The highest BCUT2D eigenvalue weighted by Crippen LogP contribution is 2.27. The molecule has 0 N–H and O–H groups in total.